The molecule has 1 unspecified atom stereocenters. The van der Waals surface area contributed by atoms with Gasteiger partial charge in [0.15, 0.2) is 0 Å². The van der Waals surface area contributed by atoms with Crippen LogP contribution in [0.3, 0.4) is 0 Å². The van der Waals surface area contributed by atoms with Crippen molar-refractivity contribution in [3.63, 3.8) is 0 Å². The molecule has 1 saturated heterocycles. The third-order valence-electron chi connectivity index (χ3n) is 4.54. The highest BCUT2D eigenvalue weighted by molar-refractivity contribution is 7.86. The number of hydrogen-bond acceptors (Lipinski definition) is 3. The van der Waals surface area contributed by atoms with E-state index in [-0.39, 0.29) is 5.92 Å². The Labute approximate surface area is 137 Å². The highest BCUT2D eigenvalue weighted by atomic mass is 32.2. The van der Waals surface area contributed by atoms with E-state index in [9.17, 15) is 8.42 Å². The van der Waals surface area contributed by atoms with Gasteiger partial charge in [0.05, 0.1) is 11.0 Å². The number of imidazole rings is 1. The van der Waals surface area contributed by atoms with E-state index in [1.54, 1.807) is 4.31 Å². The Balaban J connectivity index is 1.83. The maximum absolute atomic E-state index is 12.7. The SMILES string of the molecule is CCN(CC)S(=O)(=O)N1CCCC(c2nc3ccccc3[nH]2)C1. The van der Waals surface area contributed by atoms with Gasteiger partial charge in [0.2, 0.25) is 0 Å². The molecule has 1 aliphatic rings. The molecule has 1 fully saturated rings. The average Bonchev–Trinajstić information content (AvgIpc) is 3.00. The van der Waals surface area contributed by atoms with Gasteiger partial charge in [-0.3, -0.25) is 0 Å². The van der Waals surface area contributed by atoms with E-state index in [0.29, 0.717) is 26.2 Å². The predicted octanol–water partition coefficient (Wildman–Crippen LogP) is 2.33. The zero-order valence-electron chi connectivity index (χ0n) is 13.7. The lowest BCUT2D eigenvalue weighted by atomic mass is 9.99. The van der Waals surface area contributed by atoms with E-state index in [2.05, 4.69) is 9.97 Å². The molecule has 0 radical (unpaired) electrons. The molecule has 1 aromatic heterocycles. The monoisotopic (exact) mass is 336 g/mol. The molecule has 126 valence electrons. The van der Waals surface area contributed by atoms with Gasteiger partial charge >= 0.3 is 0 Å². The Morgan fingerprint density at radius 1 is 1.30 bits per heavy atom. The number of hydrogen-bond donors (Lipinski definition) is 1. The lowest BCUT2D eigenvalue weighted by molar-refractivity contribution is 0.284. The van der Waals surface area contributed by atoms with Crippen molar-refractivity contribution in [2.45, 2.75) is 32.6 Å². The van der Waals surface area contributed by atoms with Crippen LogP contribution in [0.15, 0.2) is 24.3 Å². The van der Waals surface area contributed by atoms with Crippen molar-refractivity contribution >= 4 is 21.2 Å². The van der Waals surface area contributed by atoms with Crippen LogP contribution < -0.4 is 0 Å². The first-order valence-corrected chi connectivity index (χ1v) is 9.65. The summed E-state index contributed by atoms with van der Waals surface area (Å²) < 4.78 is 28.6. The zero-order chi connectivity index (χ0) is 16.4. The molecule has 2 heterocycles. The van der Waals surface area contributed by atoms with Gasteiger partial charge in [0.1, 0.15) is 5.82 Å². The molecule has 1 aromatic carbocycles. The number of H-pyrrole nitrogens is 1. The van der Waals surface area contributed by atoms with E-state index < -0.39 is 10.2 Å². The summed E-state index contributed by atoms with van der Waals surface area (Å²) >= 11 is 0. The fourth-order valence-electron chi connectivity index (χ4n) is 3.25. The Bertz CT molecular complexity index is 734. The Morgan fingerprint density at radius 3 is 2.74 bits per heavy atom. The molecule has 0 amide bonds. The lowest BCUT2D eigenvalue weighted by Crippen LogP contribution is -2.47. The van der Waals surface area contributed by atoms with Crippen molar-refractivity contribution in [2.24, 2.45) is 0 Å². The number of nitrogens with zero attached hydrogens (tertiary/aromatic N) is 3. The second kappa shape index (κ2) is 6.59. The second-order valence-electron chi connectivity index (χ2n) is 5.93. The van der Waals surface area contributed by atoms with Gasteiger partial charge in [-0.05, 0) is 25.0 Å². The molecule has 23 heavy (non-hydrogen) atoms. The minimum absolute atomic E-state index is 0.126. The van der Waals surface area contributed by atoms with Gasteiger partial charge in [0, 0.05) is 32.1 Å². The van der Waals surface area contributed by atoms with Crippen LogP contribution in [0.2, 0.25) is 0 Å². The molecule has 6 nitrogen and oxygen atoms in total. The third-order valence-corrected chi connectivity index (χ3v) is 6.69. The average molecular weight is 336 g/mol. The highest BCUT2D eigenvalue weighted by Crippen LogP contribution is 2.28. The number of fused-ring (bicyclic) bond motifs is 1. The molecular weight excluding hydrogens is 312 g/mol. The van der Waals surface area contributed by atoms with E-state index in [0.717, 1.165) is 29.7 Å². The van der Waals surface area contributed by atoms with Crippen LogP contribution in [0.5, 0.6) is 0 Å². The summed E-state index contributed by atoms with van der Waals surface area (Å²) in [6.45, 7) is 5.85. The van der Waals surface area contributed by atoms with Gasteiger partial charge in [-0.2, -0.15) is 17.0 Å². The smallest absolute Gasteiger partial charge is 0.281 e. The molecule has 3 rings (SSSR count). The van der Waals surface area contributed by atoms with Crippen LogP contribution in [-0.2, 0) is 10.2 Å². The van der Waals surface area contributed by atoms with Gasteiger partial charge in [-0.1, -0.05) is 26.0 Å². The summed E-state index contributed by atoms with van der Waals surface area (Å²) in [4.78, 5) is 8.00. The standard InChI is InChI=1S/C16H24N4O2S/c1-3-19(4-2)23(21,22)20-11-7-8-13(12-20)16-17-14-9-5-6-10-15(14)18-16/h5-6,9-10,13H,3-4,7-8,11-12H2,1-2H3,(H,17,18). The van der Waals surface area contributed by atoms with Gasteiger partial charge in [-0.25, -0.2) is 4.98 Å². The van der Waals surface area contributed by atoms with Crippen molar-refractivity contribution in [1.29, 1.82) is 0 Å². The molecule has 0 bridgehead atoms. The van der Waals surface area contributed by atoms with Crippen LogP contribution in [-0.4, -0.2) is 53.2 Å². The van der Waals surface area contributed by atoms with Gasteiger partial charge in [0.25, 0.3) is 10.2 Å². The Kier molecular flexibility index (Phi) is 4.70. The van der Waals surface area contributed by atoms with Crippen LogP contribution >= 0.6 is 0 Å². The number of aromatic amines is 1. The summed E-state index contributed by atoms with van der Waals surface area (Å²) in [5.74, 6) is 1.02. The Morgan fingerprint density at radius 2 is 2.04 bits per heavy atom. The van der Waals surface area contributed by atoms with Crippen LogP contribution in [0, 0.1) is 0 Å². The van der Waals surface area contributed by atoms with E-state index >= 15 is 0 Å². The molecule has 1 N–H and O–H groups in total. The van der Waals surface area contributed by atoms with Crippen molar-refractivity contribution < 1.29 is 8.42 Å². The molecule has 7 heteroatoms. The van der Waals surface area contributed by atoms with Crippen molar-refractivity contribution in [3.8, 4) is 0 Å². The molecule has 0 saturated carbocycles. The summed E-state index contributed by atoms with van der Waals surface area (Å²) in [5.41, 5.74) is 1.94. The van der Waals surface area contributed by atoms with Crippen LogP contribution in [0.25, 0.3) is 11.0 Å². The van der Waals surface area contributed by atoms with Crippen molar-refractivity contribution in [2.75, 3.05) is 26.2 Å². The third kappa shape index (κ3) is 3.13. The Hall–Kier alpha value is -1.44. The second-order valence-corrected chi connectivity index (χ2v) is 7.86. The van der Waals surface area contributed by atoms with Gasteiger partial charge in [-0.15, -0.1) is 0 Å². The van der Waals surface area contributed by atoms with E-state index in [1.807, 2.05) is 38.1 Å². The summed E-state index contributed by atoms with van der Waals surface area (Å²) in [6, 6.07) is 7.91. The first kappa shape index (κ1) is 16.4. The number of piperidine rings is 1. The number of para-hydroxylation sites is 2. The summed E-state index contributed by atoms with van der Waals surface area (Å²) in [5, 5.41) is 0. The van der Waals surface area contributed by atoms with E-state index in [4.69, 9.17) is 0 Å². The largest absolute Gasteiger partial charge is 0.342 e. The number of benzene rings is 1. The highest BCUT2D eigenvalue weighted by Gasteiger charge is 2.33. The normalized spacial score (nSPS) is 20.4. The minimum Gasteiger partial charge on any atom is -0.342 e. The van der Waals surface area contributed by atoms with Crippen molar-refractivity contribution in [1.82, 2.24) is 18.6 Å². The first-order valence-electron chi connectivity index (χ1n) is 8.26. The number of nitrogens with one attached hydrogen (secondary N) is 1. The predicted molar refractivity (Wildman–Crippen MR) is 91.5 cm³/mol. The molecule has 1 aliphatic heterocycles. The minimum atomic E-state index is -3.37. The molecular formula is C16H24N4O2S. The van der Waals surface area contributed by atoms with Crippen LogP contribution in [0.4, 0.5) is 0 Å². The quantitative estimate of drug-likeness (QED) is 0.911. The number of aromatic nitrogens is 2. The maximum atomic E-state index is 12.7. The zero-order valence-corrected chi connectivity index (χ0v) is 14.5. The summed E-state index contributed by atoms with van der Waals surface area (Å²) in [7, 11) is -3.37. The number of rotatable bonds is 5. The lowest BCUT2D eigenvalue weighted by Gasteiger charge is -2.34. The first-order chi connectivity index (χ1) is 11.1. The molecule has 0 aliphatic carbocycles. The fourth-order valence-corrected chi connectivity index (χ4v) is 4.96. The van der Waals surface area contributed by atoms with Gasteiger partial charge < -0.3 is 4.98 Å². The maximum Gasteiger partial charge on any atom is 0.281 e. The molecule has 0 spiro atoms. The topological polar surface area (TPSA) is 69.3 Å². The molecule has 1 atom stereocenters. The van der Waals surface area contributed by atoms with E-state index in [1.165, 1.54) is 4.31 Å². The summed E-state index contributed by atoms with van der Waals surface area (Å²) in [6.07, 6.45) is 1.83. The fraction of sp³-hybridized carbons (Fsp3) is 0.562. The van der Waals surface area contributed by atoms with Crippen molar-refractivity contribution in [3.05, 3.63) is 30.1 Å². The molecule has 2 aromatic rings. The van der Waals surface area contributed by atoms with Crippen LogP contribution in [0.1, 0.15) is 38.4 Å².